The lowest BCUT2D eigenvalue weighted by Gasteiger charge is -2.12. The van der Waals surface area contributed by atoms with E-state index in [1.165, 1.54) is 0 Å². The molecule has 0 aliphatic carbocycles. The molecule has 0 saturated carbocycles. The normalized spacial score (nSPS) is 48.0. The van der Waals surface area contributed by atoms with Crippen LogP contribution in [0.15, 0.2) is 0 Å². The summed E-state index contributed by atoms with van der Waals surface area (Å²) >= 11 is 2.34. The van der Waals surface area contributed by atoms with Gasteiger partial charge < -0.3 is 10.5 Å². The Hall–Kier alpha value is 0.610. The van der Waals surface area contributed by atoms with E-state index in [2.05, 4.69) is 26.0 Å². The number of fused-ring (bicyclic) bond motifs is 1. The number of hydrogen-bond donors (Lipinski definition) is 1. The molecule has 3 unspecified atom stereocenters. The van der Waals surface area contributed by atoms with Crippen molar-refractivity contribution in [2.45, 2.75) is 12.1 Å². The minimum Gasteiger partial charge on any atom is -0.379 e. The van der Waals surface area contributed by atoms with Gasteiger partial charge in [0.25, 0.3) is 0 Å². The van der Waals surface area contributed by atoms with Crippen molar-refractivity contribution in [2.75, 3.05) is 19.8 Å². The Bertz CT molecular complexity index is 130. The summed E-state index contributed by atoms with van der Waals surface area (Å²) in [4.78, 5) is 0. The van der Waals surface area contributed by atoms with Crippen LogP contribution < -0.4 is 5.73 Å². The third kappa shape index (κ3) is 0.975. The second-order valence-electron chi connectivity index (χ2n) is 3.01. The maximum absolute atomic E-state index is 5.88. The van der Waals surface area contributed by atoms with Crippen LogP contribution in [0.1, 0.15) is 0 Å². The van der Waals surface area contributed by atoms with E-state index in [9.17, 15) is 0 Å². The number of ether oxygens (including phenoxy) is 1. The van der Waals surface area contributed by atoms with Crippen molar-refractivity contribution in [1.29, 1.82) is 0 Å². The average molecular weight is 254 g/mol. The molecular weight excluding hydrogens is 243 g/mol. The molecule has 3 nitrogen and oxygen atoms in total. The van der Waals surface area contributed by atoms with Gasteiger partial charge in [-0.3, -0.25) is 0 Å². The number of rotatable bonds is 0. The SMILES string of the molecule is NC1CN(I)C2COCC12. The highest BCUT2D eigenvalue weighted by atomic mass is 127. The van der Waals surface area contributed by atoms with Gasteiger partial charge in [0.1, 0.15) is 0 Å². The van der Waals surface area contributed by atoms with E-state index in [1.807, 2.05) is 0 Å². The molecule has 0 aromatic carbocycles. The van der Waals surface area contributed by atoms with E-state index < -0.39 is 0 Å². The van der Waals surface area contributed by atoms with Gasteiger partial charge in [-0.1, -0.05) is 0 Å². The maximum atomic E-state index is 5.88. The predicted molar refractivity (Wildman–Crippen MR) is 46.8 cm³/mol. The Labute approximate surface area is 74.4 Å². The van der Waals surface area contributed by atoms with Crippen LogP contribution in [-0.2, 0) is 4.74 Å². The summed E-state index contributed by atoms with van der Waals surface area (Å²) < 4.78 is 7.60. The van der Waals surface area contributed by atoms with Crippen molar-refractivity contribution in [3.63, 3.8) is 0 Å². The van der Waals surface area contributed by atoms with Crippen LogP contribution >= 0.6 is 22.9 Å². The van der Waals surface area contributed by atoms with Crippen molar-refractivity contribution < 1.29 is 4.74 Å². The fourth-order valence-electron chi connectivity index (χ4n) is 1.73. The van der Waals surface area contributed by atoms with Crippen LogP contribution in [0.25, 0.3) is 0 Å². The Morgan fingerprint density at radius 3 is 3.00 bits per heavy atom. The third-order valence-electron chi connectivity index (χ3n) is 2.39. The highest BCUT2D eigenvalue weighted by Crippen LogP contribution is 2.31. The Balaban J connectivity index is 2.11. The van der Waals surface area contributed by atoms with Gasteiger partial charge in [0, 0.05) is 47.4 Å². The molecule has 2 aliphatic rings. The summed E-state index contributed by atoms with van der Waals surface area (Å²) in [5.41, 5.74) is 5.88. The molecule has 0 radical (unpaired) electrons. The molecular formula is C6H11IN2O. The number of nitrogens with zero attached hydrogens (tertiary/aromatic N) is 1. The van der Waals surface area contributed by atoms with Crippen LogP contribution in [0.2, 0.25) is 0 Å². The summed E-state index contributed by atoms with van der Waals surface area (Å²) in [5.74, 6) is 0.594. The summed E-state index contributed by atoms with van der Waals surface area (Å²) in [5, 5.41) is 0. The summed E-state index contributed by atoms with van der Waals surface area (Å²) in [6, 6.07) is 0.931. The van der Waals surface area contributed by atoms with Crippen LogP contribution in [0.4, 0.5) is 0 Å². The fourth-order valence-corrected chi connectivity index (χ4v) is 2.76. The molecule has 4 heteroatoms. The molecule has 58 valence electrons. The van der Waals surface area contributed by atoms with Gasteiger partial charge in [-0.2, -0.15) is 0 Å². The van der Waals surface area contributed by atoms with Gasteiger partial charge in [0.2, 0.25) is 0 Å². The summed E-state index contributed by atoms with van der Waals surface area (Å²) in [6.07, 6.45) is 0. The van der Waals surface area contributed by atoms with Crippen molar-refractivity contribution in [1.82, 2.24) is 3.11 Å². The standard InChI is InChI=1S/C6H11IN2O/c7-9-1-5(8)4-2-10-3-6(4)9/h4-6H,1-3,8H2. The lowest BCUT2D eigenvalue weighted by molar-refractivity contribution is 0.167. The van der Waals surface area contributed by atoms with Crippen molar-refractivity contribution in [2.24, 2.45) is 11.7 Å². The van der Waals surface area contributed by atoms with Gasteiger partial charge in [0.15, 0.2) is 0 Å². The molecule has 0 amide bonds. The largest absolute Gasteiger partial charge is 0.379 e. The molecule has 0 bridgehead atoms. The van der Waals surface area contributed by atoms with E-state index in [4.69, 9.17) is 10.5 Å². The zero-order chi connectivity index (χ0) is 7.14. The Morgan fingerprint density at radius 2 is 2.30 bits per heavy atom. The fraction of sp³-hybridized carbons (Fsp3) is 1.00. The minimum absolute atomic E-state index is 0.337. The molecule has 2 N–H and O–H groups in total. The second kappa shape index (κ2) is 2.58. The van der Waals surface area contributed by atoms with E-state index in [0.29, 0.717) is 18.0 Å². The first-order valence-electron chi connectivity index (χ1n) is 3.55. The molecule has 2 fully saturated rings. The Kier molecular flexibility index (Phi) is 1.88. The van der Waals surface area contributed by atoms with Gasteiger partial charge >= 0.3 is 0 Å². The van der Waals surface area contributed by atoms with Gasteiger partial charge in [0.05, 0.1) is 13.2 Å². The lowest BCUT2D eigenvalue weighted by Crippen LogP contribution is -2.30. The van der Waals surface area contributed by atoms with E-state index in [1.54, 1.807) is 0 Å². The Morgan fingerprint density at radius 1 is 1.50 bits per heavy atom. The molecule has 0 aromatic heterocycles. The molecule has 2 rings (SSSR count). The average Bonchev–Trinajstić information content (AvgIpc) is 2.39. The van der Waals surface area contributed by atoms with Crippen molar-refractivity contribution in [3.8, 4) is 0 Å². The van der Waals surface area contributed by atoms with Crippen LogP contribution in [0.3, 0.4) is 0 Å². The van der Waals surface area contributed by atoms with Crippen LogP contribution in [0, 0.1) is 5.92 Å². The summed E-state index contributed by atoms with van der Waals surface area (Å²) in [6.45, 7) is 2.77. The molecule has 2 saturated heterocycles. The quantitative estimate of drug-likeness (QED) is 0.488. The molecule has 0 spiro atoms. The van der Waals surface area contributed by atoms with Crippen molar-refractivity contribution >= 4 is 22.9 Å². The highest BCUT2D eigenvalue weighted by molar-refractivity contribution is 14.1. The highest BCUT2D eigenvalue weighted by Gasteiger charge is 2.42. The minimum atomic E-state index is 0.337. The number of hydrogen-bond acceptors (Lipinski definition) is 3. The number of halogens is 1. The predicted octanol–water partition coefficient (Wildman–Crippen LogP) is -0.00570. The lowest BCUT2D eigenvalue weighted by atomic mass is 10.0. The topological polar surface area (TPSA) is 38.5 Å². The van der Waals surface area contributed by atoms with Crippen LogP contribution in [0.5, 0.6) is 0 Å². The summed E-state index contributed by atoms with van der Waals surface area (Å²) in [7, 11) is 0. The first-order valence-corrected chi connectivity index (χ1v) is 4.51. The van der Waals surface area contributed by atoms with Gasteiger partial charge in [-0.25, -0.2) is 3.11 Å². The molecule has 2 aliphatic heterocycles. The third-order valence-corrected chi connectivity index (χ3v) is 3.50. The second-order valence-corrected chi connectivity index (χ2v) is 4.25. The number of nitrogens with two attached hydrogens (primary N) is 1. The molecule has 2 heterocycles. The zero-order valence-corrected chi connectivity index (χ0v) is 7.82. The van der Waals surface area contributed by atoms with Crippen molar-refractivity contribution in [3.05, 3.63) is 0 Å². The smallest absolute Gasteiger partial charge is 0.0634 e. The maximum Gasteiger partial charge on any atom is 0.0634 e. The van der Waals surface area contributed by atoms with E-state index in [-0.39, 0.29) is 0 Å². The molecule has 10 heavy (non-hydrogen) atoms. The molecule has 3 atom stereocenters. The zero-order valence-electron chi connectivity index (χ0n) is 5.66. The first-order chi connectivity index (χ1) is 4.79. The van der Waals surface area contributed by atoms with E-state index >= 15 is 0 Å². The monoisotopic (exact) mass is 254 g/mol. The van der Waals surface area contributed by atoms with Crippen LogP contribution in [-0.4, -0.2) is 35.0 Å². The van der Waals surface area contributed by atoms with Gasteiger partial charge in [-0.05, 0) is 0 Å². The molecule has 0 aromatic rings. The van der Waals surface area contributed by atoms with Gasteiger partial charge in [-0.15, -0.1) is 0 Å². The van der Waals surface area contributed by atoms with E-state index in [0.717, 1.165) is 19.8 Å². The first kappa shape index (κ1) is 7.27.